The molecule has 0 spiro atoms. The average Bonchev–Trinajstić information content (AvgIpc) is 2.47. The van der Waals surface area contributed by atoms with Gasteiger partial charge in [0.05, 0.1) is 0 Å². The van der Waals surface area contributed by atoms with Crippen LogP contribution in [0.1, 0.15) is 27.2 Å². The van der Waals surface area contributed by atoms with E-state index in [1.165, 1.54) is 12.1 Å². The Hall–Kier alpha value is -1.06. The summed E-state index contributed by atoms with van der Waals surface area (Å²) in [4.78, 5) is 5.06. The van der Waals surface area contributed by atoms with Crippen LogP contribution in [0.2, 0.25) is 0 Å². The molecule has 0 saturated carbocycles. The van der Waals surface area contributed by atoms with Crippen molar-refractivity contribution in [3.8, 4) is 0 Å². The summed E-state index contributed by atoms with van der Waals surface area (Å²) in [6, 6.07) is 10.7. The molecule has 0 bridgehead atoms. The predicted molar refractivity (Wildman–Crippen MR) is 87.1 cm³/mol. The molecule has 0 radical (unpaired) electrons. The highest BCUT2D eigenvalue weighted by atomic mass is 15.3. The van der Waals surface area contributed by atoms with Crippen molar-refractivity contribution in [2.24, 2.45) is 11.7 Å². The number of anilines is 1. The number of para-hydroxylation sites is 1. The Kier molecular flexibility index (Phi) is 5.06. The average molecular weight is 275 g/mol. The van der Waals surface area contributed by atoms with E-state index in [0.29, 0.717) is 5.92 Å². The van der Waals surface area contributed by atoms with Gasteiger partial charge in [-0.25, -0.2) is 0 Å². The lowest BCUT2D eigenvalue weighted by Crippen LogP contribution is -2.59. The second-order valence-corrected chi connectivity index (χ2v) is 6.61. The first-order valence-electron chi connectivity index (χ1n) is 7.80. The fourth-order valence-corrected chi connectivity index (χ4v) is 3.36. The lowest BCUT2D eigenvalue weighted by atomic mass is 9.88. The quantitative estimate of drug-likeness (QED) is 0.896. The van der Waals surface area contributed by atoms with Crippen molar-refractivity contribution in [2.45, 2.75) is 32.7 Å². The van der Waals surface area contributed by atoms with Gasteiger partial charge in [-0.3, -0.25) is 4.90 Å². The number of nitrogens with zero attached hydrogens (tertiary/aromatic N) is 2. The van der Waals surface area contributed by atoms with Gasteiger partial charge in [-0.15, -0.1) is 0 Å². The van der Waals surface area contributed by atoms with E-state index >= 15 is 0 Å². The SMILES string of the molecule is CC(C)CC(C)(CN)N1CCN(c2ccccc2)CC1. The van der Waals surface area contributed by atoms with Crippen molar-refractivity contribution < 1.29 is 0 Å². The van der Waals surface area contributed by atoms with E-state index in [4.69, 9.17) is 5.73 Å². The van der Waals surface area contributed by atoms with Crippen LogP contribution in [0.25, 0.3) is 0 Å². The van der Waals surface area contributed by atoms with E-state index in [1.54, 1.807) is 0 Å². The Balaban J connectivity index is 1.96. The third kappa shape index (κ3) is 3.53. The van der Waals surface area contributed by atoms with Crippen molar-refractivity contribution in [3.63, 3.8) is 0 Å². The molecule has 0 amide bonds. The minimum Gasteiger partial charge on any atom is -0.369 e. The lowest BCUT2D eigenvalue weighted by molar-refractivity contribution is 0.0826. The van der Waals surface area contributed by atoms with E-state index in [0.717, 1.165) is 32.7 Å². The number of nitrogens with two attached hydrogens (primary N) is 1. The van der Waals surface area contributed by atoms with Crippen molar-refractivity contribution in [1.29, 1.82) is 0 Å². The molecule has 3 nitrogen and oxygen atoms in total. The molecule has 2 rings (SSSR count). The molecular weight excluding hydrogens is 246 g/mol. The summed E-state index contributed by atoms with van der Waals surface area (Å²) in [6.07, 6.45) is 1.18. The zero-order chi connectivity index (χ0) is 14.6. The molecule has 0 aromatic heterocycles. The molecule has 112 valence electrons. The van der Waals surface area contributed by atoms with E-state index in [9.17, 15) is 0 Å². The molecule has 1 aliphatic heterocycles. The maximum Gasteiger partial charge on any atom is 0.0367 e. The van der Waals surface area contributed by atoms with Gasteiger partial charge in [-0.05, 0) is 31.4 Å². The maximum atomic E-state index is 6.08. The topological polar surface area (TPSA) is 32.5 Å². The molecule has 20 heavy (non-hydrogen) atoms. The number of hydrogen-bond donors (Lipinski definition) is 1. The van der Waals surface area contributed by atoms with Crippen LogP contribution in [-0.2, 0) is 0 Å². The number of piperazine rings is 1. The van der Waals surface area contributed by atoms with Gasteiger partial charge in [0.15, 0.2) is 0 Å². The summed E-state index contributed by atoms with van der Waals surface area (Å²) < 4.78 is 0. The number of hydrogen-bond acceptors (Lipinski definition) is 3. The summed E-state index contributed by atoms with van der Waals surface area (Å²) in [5.41, 5.74) is 7.56. The largest absolute Gasteiger partial charge is 0.369 e. The molecule has 1 atom stereocenters. The number of benzene rings is 1. The third-order valence-corrected chi connectivity index (χ3v) is 4.45. The van der Waals surface area contributed by atoms with Crippen LogP contribution in [0.4, 0.5) is 5.69 Å². The summed E-state index contributed by atoms with van der Waals surface area (Å²) in [5, 5.41) is 0. The molecule has 3 heteroatoms. The zero-order valence-corrected chi connectivity index (χ0v) is 13.2. The molecule has 1 aromatic carbocycles. The van der Waals surface area contributed by atoms with E-state index in [1.807, 2.05) is 0 Å². The van der Waals surface area contributed by atoms with Gasteiger partial charge in [-0.2, -0.15) is 0 Å². The molecule has 1 saturated heterocycles. The molecular formula is C17H29N3. The highest BCUT2D eigenvalue weighted by molar-refractivity contribution is 5.46. The van der Waals surface area contributed by atoms with Crippen LogP contribution < -0.4 is 10.6 Å². The van der Waals surface area contributed by atoms with Crippen LogP contribution in [0.15, 0.2) is 30.3 Å². The molecule has 0 aliphatic carbocycles. The normalized spacial score (nSPS) is 20.1. The summed E-state index contributed by atoms with van der Waals surface area (Å²) in [6.45, 7) is 12.0. The Bertz CT molecular complexity index is 396. The summed E-state index contributed by atoms with van der Waals surface area (Å²) in [5.74, 6) is 0.690. The van der Waals surface area contributed by atoms with Crippen LogP contribution in [-0.4, -0.2) is 43.2 Å². The fourth-order valence-electron chi connectivity index (χ4n) is 3.36. The van der Waals surface area contributed by atoms with Crippen LogP contribution in [0.3, 0.4) is 0 Å². The lowest BCUT2D eigenvalue weighted by Gasteiger charge is -2.47. The van der Waals surface area contributed by atoms with Gasteiger partial charge in [0.2, 0.25) is 0 Å². The van der Waals surface area contributed by atoms with Crippen molar-refractivity contribution in [2.75, 3.05) is 37.6 Å². The van der Waals surface area contributed by atoms with Crippen LogP contribution >= 0.6 is 0 Å². The van der Waals surface area contributed by atoms with Gasteiger partial charge < -0.3 is 10.6 Å². The highest BCUT2D eigenvalue weighted by Crippen LogP contribution is 2.25. The first-order valence-corrected chi connectivity index (χ1v) is 7.80. The monoisotopic (exact) mass is 275 g/mol. The van der Waals surface area contributed by atoms with Crippen molar-refractivity contribution in [1.82, 2.24) is 4.90 Å². The van der Waals surface area contributed by atoms with Crippen LogP contribution in [0, 0.1) is 5.92 Å². The van der Waals surface area contributed by atoms with Crippen LogP contribution in [0.5, 0.6) is 0 Å². The van der Waals surface area contributed by atoms with E-state index in [-0.39, 0.29) is 5.54 Å². The Morgan fingerprint density at radius 1 is 1.10 bits per heavy atom. The molecule has 1 aliphatic rings. The molecule has 1 unspecified atom stereocenters. The maximum absolute atomic E-state index is 6.08. The molecule has 1 heterocycles. The third-order valence-electron chi connectivity index (χ3n) is 4.45. The first-order chi connectivity index (χ1) is 9.55. The van der Waals surface area contributed by atoms with Gasteiger partial charge in [0, 0.05) is 44.0 Å². The van der Waals surface area contributed by atoms with E-state index in [2.05, 4.69) is 60.9 Å². The summed E-state index contributed by atoms with van der Waals surface area (Å²) in [7, 11) is 0. The second kappa shape index (κ2) is 6.59. The number of rotatable bonds is 5. The van der Waals surface area contributed by atoms with Gasteiger partial charge >= 0.3 is 0 Å². The molecule has 2 N–H and O–H groups in total. The van der Waals surface area contributed by atoms with Gasteiger partial charge in [0.25, 0.3) is 0 Å². The van der Waals surface area contributed by atoms with E-state index < -0.39 is 0 Å². The van der Waals surface area contributed by atoms with Gasteiger partial charge in [0.1, 0.15) is 0 Å². The fraction of sp³-hybridized carbons (Fsp3) is 0.647. The minimum atomic E-state index is 0.150. The first kappa shape index (κ1) is 15.3. The van der Waals surface area contributed by atoms with Crippen molar-refractivity contribution >= 4 is 5.69 Å². The smallest absolute Gasteiger partial charge is 0.0367 e. The van der Waals surface area contributed by atoms with Crippen molar-refractivity contribution in [3.05, 3.63) is 30.3 Å². The second-order valence-electron chi connectivity index (χ2n) is 6.61. The Morgan fingerprint density at radius 2 is 1.70 bits per heavy atom. The zero-order valence-electron chi connectivity index (χ0n) is 13.2. The van der Waals surface area contributed by atoms with Gasteiger partial charge in [-0.1, -0.05) is 32.0 Å². The predicted octanol–water partition coefficient (Wildman–Crippen LogP) is 2.57. The Labute approximate surface area is 123 Å². The molecule has 1 fully saturated rings. The minimum absolute atomic E-state index is 0.150. The molecule has 1 aromatic rings. The Morgan fingerprint density at radius 3 is 2.20 bits per heavy atom. The summed E-state index contributed by atoms with van der Waals surface area (Å²) >= 11 is 0. The standard InChI is InChI=1S/C17H29N3/c1-15(2)13-17(3,14-18)20-11-9-19(10-12-20)16-7-5-4-6-8-16/h4-8,15H,9-14,18H2,1-3H3. The highest BCUT2D eigenvalue weighted by Gasteiger charge is 2.33.